The van der Waals surface area contributed by atoms with Crippen molar-refractivity contribution in [3.63, 3.8) is 0 Å². The fourth-order valence-electron chi connectivity index (χ4n) is 2.48. The van der Waals surface area contributed by atoms with Crippen LogP contribution < -0.4 is 10.1 Å². The van der Waals surface area contributed by atoms with Crippen LogP contribution in [0.15, 0.2) is 72.8 Å². The Morgan fingerprint density at radius 1 is 0.852 bits per heavy atom. The number of amides is 1. The zero-order valence-corrected chi connectivity index (χ0v) is 14.3. The van der Waals surface area contributed by atoms with Gasteiger partial charge in [-0.15, -0.1) is 0 Å². The Kier molecular flexibility index (Phi) is 5.37. The molecule has 0 atom stereocenters. The van der Waals surface area contributed by atoms with E-state index in [1.807, 2.05) is 0 Å². The number of carbonyl (C=O) groups excluding carboxylic acids is 1. The summed E-state index contributed by atoms with van der Waals surface area (Å²) in [4.78, 5) is 23.4. The summed E-state index contributed by atoms with van der Waals surface area (Å²) in [5.41, 5.74) is 1.07. The molecular weight excluding hydrogens is 346 g/mol. The molecule has 6 nitrogen and oxygen atoms in total. The lowest BCUT2D eigenvalue weighted by Crippen LogP contribution is -2.16. The van der Waals surface area contributed by atoms with Crippen LogP contribution in [-0.2, 0) is 11.2 Å². The SMILES string of the molecule is O=C(Cc1ccc(Oc2ccc(O)cc2)cc1)Nc1ccccc1C(=O)O. The molecule has 3 N–H and O–H groups in total. The number of carboxylic acids is 1. The first-order valence-corrected chi connectivity index (χ1v) is 8.19. The molecule has 27 heavy (non-hydrogen) atoms. The van der Waals surface area contributed by atoms with Crippen molar-refractivity contribution in [3.05, 3.63) is 83.9 Å². The van der Waals surface area contributed by atoms with E-state index in [9.17, 15) is 14.7 Å². The van der Waals surface area contributed by atoms with E-state index in [4.69, 9.17) is 9.84 Å². The summed E-state index contributed by atoms with van der Waals surface area (Å²) in [5.74, 6) is -0.0599. The minimum Gasteiger partial charge on any atom is -0.508 e. The summed E-state index contributed by atoms with van der Waals surface area (Å²) in [7, 11) is 0. The van der Waals surface area contributed by atoms with E-state index in [1.165, 1.54) is 18.2 Å². The first kappa shape index (κ1) is 18.0. The first-order valence-electron chi connectivity index (χ1n) is 8.19. The van der Waals surface area contributed by atoms with Gasteiger partial charge in [0.2, 0.25) is 5.91 Å². The highest BCUT2D eigenvalue weighted by Crippen LogP contribution is 2.24. The maximum atomic E-state index is 12.2. The van der Waals surface area contributed by atoms with Gasteiger partial charge in [0.1, 0.15) is 17.2 Å². The monoisotopic (exact) mass is 363 g/mol. The van der Waals surface area contributed by atoms with Gasteiger partial charge in [-0.2, -0.15) is 0 Å². The molecular formula is C21H17NO5. The van der Waals surface area contributed by atoms with E-state index in [1.54, 1.807) is 54.6 Å². The molecule has 3 aromatic carbocycles. The molecule has 1 amide bonds. The fraction of sp³-hybridized carbons (Fsp3) is 0.0476. The van der Waals surface area contributed by atoms with E-state index in [-0.39, 0.29) is 29.3 Å². The van der Waals surface area contributed by atoms with Gasteiger partial charge >= 0.3 is 5.97 Å². The maximum Gasteiger partial charge on any atom is 0.337 e. The molecule has 0 aliphatic carbocycles. The van der Waals surface area contributed by atoms with Crippen LogP contribution in [-0.4, -0.2) is 22.1 Å². The van der Waals surface area contributed by atoms with Crippen molar-refractivity contribution in [1.29, 1.82) is 0 Å². The molecule has 0 unspecified atom stereocenters. The largest absolute Gasteiger partial charge is 0.508 e. The van der Waals surface area contributed by atoms with Crippen molar-refractivity contribution < 1.29 is 24.5 Å². The van der Waals surface area contributed by atoms with Gasteiger partial charge in [-0.1, -0.05) is 24.3 Å². The predicted molar refractivity (Wildman–Crippen MR) is 100 cm³/mol. The van der Waals surface area contributed by atoms with Crippen molar-refractivity contribution in [2.24, 2.45) is 0 Å². The molecule has 3 aromatic rings. The highest BCUT2D eigenvalue weighted by molar-refractivity contribution is 6.00. The molecule has 0 aliphatic rings. The van der Waals surface area contributed by atoms with Crippen molar-refractivity contribution in [2.75, 3.05) is 5.32 Å². The summed E-state index contributed by atoms with van der Waals surface area (Å²) in [6.07, 6.45) is 0.105. The molecule has 0 saturated carbocycles. The van der Waals surface area contributed by atoms with Crippen molar-refractivity contribution in [2.45, 2.75) is 6.42 Å². The fourth-order valence-corrected chi connectivity index (χ4v) is 2.48. The Hall–Kier alpha value is -3.80. The lowest BCUT2D eigenvalue weighted by atomic mass is 10.1. The van der Waals surface area contributed by atoms with E-state index in [0.29, 0.717) is 11.5 Å². The van der Waals surface area contributed by atoms with Gasteiger partial charge in [-0.3, -0.25) is 4.79 Å². The van der Waals surface area contributed by atoms with Crippen LogP contribution >= 0.6 is 0 Å². The third-order valence-electron chi connectivity index (χ3n) is 3.79. The molecule has 0 aliphatic heterocycles. The number of phenolic OH excluding ortho intramolecular Hbond substituents is 1. The highest BCUT2D eigenvalue weighted by atomic mass is 16.5. The Bertz CT molecular complexity index is 949. The van der Waals surface area contributed by atoms with Crippen LogP contribution in [0.1, 0.15) is 15.9 Å². The number of carboxylic acid groups (broad SMARTS) is 1. The van der Waals surface area contributed by atoms with E-state index in [2.05, 4.69) is 5.32 Å². The number of para-hydroxylation sites is 1. The second-order valence-electron chi connectivity index (χ2n) is 5.82. The number of aromatic hydroxyl groups is 1. The minimum atomic E-state index is -1.10. The number of aromatic carboxylic acids is 1. The summed E-state index contributed by atoms with van der Waals surface area (Å²) in [5, 5.41) is 21.1. The Balaban J connectivity index is 1.62. The Labute approximate surface area is 155 Å². The molecule has 0 bridgehead atoms. The Morgan fingerprint density at radius 2 is 1.44 bits per heavy atom. The van der Waals surface area contributed by atoms with Gasteiger partial charge in [0, 0.05) is 0 Å². The average molecular weight is 363 g/mol. The topological polar surface area (TPSA) is 95.9 Å². The molecule has 6 heteroatoms. The van der Waals surface area contributed by atoms with Gasteiger partial charge in [-0.05, 0) is 54.1 Å². The van der Waals surface area contributed by atoms with Gasteiger partial charge in [0.15, 0.2) is 0 Å². The third-order valence-corrected chi connectivity index (χ3v) is 3.79. The number of benzene rings is 3. The number of carbonyl (C=O) groups is 2. The zero-order chi connectivity index (χ0) is 19.2. The smallest absolute Gasteiger partial charge is 0.337 e. The van der Waals surface area contributed by atoms with Crippen LogP contribution in [0.25, 0.3) is 0 Å². The van der Waals surface area contributed by atoms with E-state index >= 15 is 0 Å². The molecule has 3 rings (SSSR count). The van der Waals surface area contributed by atoms with Crippen molar-refractivity contribution in [3.8, 4) is 17.2 Å². The number of hydrogen-bond acceptors (Lipinski definition) is 4. The second-order valence-corrected chi connectivity index (χ2v) is 5.82. The van der Waals surface area contributed by atoms with Crippen molar-refractivity contribution >= 4 is 17.6 Å². The van der Waals surface area contributed by atoms with Gasteiger partial charge in [0.25, 0.3) is 0 Å². The molecule has 0 radical (unpaired) electrons. The quantitative estimate of drug-likeness (QED) is 0.614. The van der Waals surface area contributed by atoms with Gasteiger partial charge in [0.05, 0.1) is 17.7 Å². The molecule has 0 heterocycles. The lowest BCUT2D eigenvalue weighted by molar-refractivity contribution is -0.115. The van der Waals surface area contributed by atoms with E-state index < -0.39 is 5.97 Å². The molecule has 0 fully saturated rings. The molecule has 0 aromatic heterocycles. The van der Waals surface area contributed by atoms with Gasteiger partial charge < -0.3 is 20.3 Å². The number of rotatable bonds is 6. The number of ether oxygens (including phenoxy) is 1. The second kappa shape index (κ2) is 8.05. The molecule has 0 saturated heterocycles. The number of anilines is 1. The van der Waals surface area contributed by atoms with Crippen LogP contribution in [0.5, 0.6) is 17.2 Å². The Morgan fingerprint density at radius 3 is 2.07 bits per heavy atom. The van der Waals surface area contributed by atoms with E-state index in [0.717, 1.165) is 5.56 Å². The lowest BCUT2D eigenvalue weighted by Gasteiger charge is -2.09. The zero-order valence-electron chi connectivity index (χ0n) is 14.3. The predicted octanol–water partition coefficient (Wildman–Crippen LogP) is 4.06. The standard InChI is InChI=1S/C21H17NO5/c23-15-7-11-17(12-8-15)27-16-9-5-14(6-10-16)13-20(24)22-19-4-2-1-3-18(19)21(25)26/h1-12,23H,13H2,(H,22,24)(H,25,26). The van der Waals surface area contributed by atoms with Gasteiger partial charge in [-0.25, -0.2) is 4.79 Å². The molecule has 136 valence electrons. The average Bonchev–Trinajstić information content (AvgIpc) is 2.65. The van der Waals surface area contributed by atoms with Crippen molar-refractivity contribution in [1.82, 2.24) is 0 Å². The summed E-state index contributed by atoms with van der Waals surface area (Å²) >= 11 is 0. The van der Waals surface area contributed by atoms with Crippen LogP contribution in [0.2, 0.25) is 0 Å². The highest BCUT2D eigenvalue weighted by Gasteiger charge is 2.12. The van der Waals surface area contributed by atoms with Crippen LogP contribution in [0.3, 0.4) is 0 Å². The normalized spacial score (nSPS) is 10.2. The minimum absolute atomic E-state index is 0.0449. The number of hydrogen-bond donors (Lipinski definition) is 3. The summed E-state index contributed by atoms with van der Waals surface area (Å²) in [6.45, 7) is 0. The number of nitrogens with one attached hydrogen (secondary N) is 1. The number of phenols is 1. The summed E-state index contributed by atoms with van der Waals surface area (Å²) in [6, 6.07) is 19.6. The first-order chi connectivity index (χ1) is 13.0. The van der Waals surface area contributed by atoms with Crippen LogP contribution in [0.4, 0.5) is 5.69 Å². The third kappa shape index (κ3) is 4.85. The maximum absolute atomic E-state index is 12.2. The summed E-state index contributed by atoms with van der Waals surface area (Å²) < 4.78 is 5.65. The molecule has 0 spiro atoms. The van der Waals surface area contributed by atoms with Crippen LogP contribution in [0, 0.1) is 0 Å².